The summed E-state index contributed by atoms with van der Waals surface area (Å²) in [6.45, 7) is 4.06. The largest absolute Gasteiger partial charge is 0.481 e. The molecule has 1 aromatic rings. The van der Waals surface area contributed by atoms with Gasteiger partial charge in [-0.25, -0.2) is 0 Å². The van der Waals surface area contributed by atoms with E-state index in [0.29, 0.717) is 17.7 Å². The molecule has 2 heterocycles. The highest BCUT2D eigenvalue weighted by molar-refractivity contribution is 5.42. The molecule has 0 saturated carbocycles. The van der Waals surface area contributed by atoms with Crippen molar-refractivity contribution in [2.75, 3.05) is 58.4 Å². The molecule has 7 nitrogen and oxygen atoms in total. The van der Waals surface area contributed by atoms with Gasteiger partial charge in [-0.2, -0.15) is 9.97 Å². The van der Waals surface area contributed by atoms with Crippen molar-refractivity contribution in [1.82, 2.24) is 19.8 Å². The van der Waals surface area contributed by atoms with Crippen molar-refractivity contribution in [3.8, 4) is 5.88 Å². The zero-order valence-corrected chi connectivity index (χ0v) is 11.8. The second kappa shape index (κ2) is 6.03. The average molecular weight is 266 g/mol. The van der Waals surface area contributed by atoms with Crippen molar-refractivity contribution >= 4 is 11.8 Å². The number of ether oxygens (including phenoxy) is 1. The molecule has 1 fully saturated rings. The predicted molar refractivity (Wildman–Crippen MR) is 75.4 cm³/mol. The third kappa shape index (κ3) is 3.68. The molecule has 0 aromatic carbocycles. The molecule has 1 aliphatic rings. The number of piperazine rings is 1. The molecular weight excluding hydrogens is 244 g/mol. The highest BCUT2D eigenvalue weighted by Crippen LogP contribution is 2.15. The van der Waals surface area contributed by atoms with Crippen LogP contribution in [0.4, 0.5) is 11.8 Å². The van der Waals surface area contributed by atoms with Gasteiger partial charge in [0, 0.05) is 38.3 Å². The van der Waals surface area contributed by atoms with Crippen molar-refractivity contribution in [2.24, 2.45) is 0 Å². The molecule has 19 heavy (non-hydrogen) atoms. The van der Waals surface area contributed by atoms with Crippen LogP contribution in [0.1, 0.15) is 0 Å². The highest BCUT2D eigenvalue weighted by atomic mass is 16.5. The van der Waals surface area contributed by atoms with Gasteiger partial charge in [-0.15, -0.1) is 0 Å². The Kier molecular flexibility index (Phi) is 4.39. The summed E-state index contributed by atoms with van der Waals surface area (Å²) in [5.41, 5.74) is 5.63. The van der Waals surface area contributed by atoms with Crippen molar-refractivity contribution in [2.45, 2.75) is 6.04 Å². The first-order chi connectivity index (χ1) is 9.08. The van der Waals surface area contributed by atoms with Crippen LogP contribution in [0.3, 0.4) is 0 Å². The summed E-state index contributed by atoms with van der Waals surface area (Å²) >= 11 is 0. The summed E-state index contributed by atoms with van der Waals surface area (Å²) in [5, 5.41) is 3.30. The quantitative estimate of drug-likeness (QED) is 0.776. The number of hydrogen-bond donors (Lipinski definition) is 2. The second-order valence-corrected chi connectivity index (χ2v) is 4.93. The molecule has 0 unspecified atom stereocenters. The van der Waals surface area contributed by atoms with Crippen LogP contribution < -0.4 is 15.8 Å². The Morgan fingerprint density at radius 3 is 2.95 bits per heavy atom. The topological polar surface area (TPSA) is 79.5 Å². The molecule has 1 aromatic heterocycles. The zero-order valence-electron chi connectivity index (χ0n) is 11.8. The Labute approximate surface area is 113 Å². The van der Waals surface area contributed by atoms with Gasteiger partial charge >= 0.3 is 0 Å². The maximum absolute atomic E-state index is 5.63. The van der Waals surface area contributed by atoms with E-state index in [2.05, 4.69) is 39.2 Å². The fourth-order valence-corrected chi connectivity index (χ4v) is 2.18. The highest BCUT2D eigenvalue weighted by Gasteiger charge is 2.21. The van der Waals surface area contributed by atoms with E-state index in [0.717, 1.165) is 26.2 Å². The molecule has 0 radical (unpaired) electrons. The minimum absolute atomic E-state index is 0.218. The monoisotopic (exact) mass is 266 g/mol. The fraction of sp³-hybridized carbons (Fsp3) is 0.667. The van der Waals surface area contributed by atoms with E-state index in [1.807, 2.05) is 0 Å². The standard InChI is InChI=1S/C12H22N6O/c1-17-4-5-18(2)9(8-17)7-14-10-6-11(19-3)16-12(13)15-10/h6,9H,4-5,7-8H2,1-3H3,(H3,13,14,15,16)/t9-/m0/s1. The number of nitrogen functional groups attached to an aromatic ring is 1. The minimum Gasteiger partial charge on any atom is -0.481 e. The third-order valence-corrected chi connectivity index (χ3v) is 3.43. The molecule has 1 saturated heterocycles. The summed E-state index contributed by atoms with van der Waals surface area (Å²) in [4.78, 5) is 12.8. The first kappa shape index (κ1) is 13.8. The van der Waals surface area contributed by atoms with Gasteiger partial charge in [0.15, 0.2) is 0 Å². The van der Waals surface area contributed by atoms with Gasteiger partial charge in [0.25, 0.3) is 0 Å². The van der Waals surface area contributed by atoms with Crippen molar-refractivity contribution in [1.29, 1.82) is 0 Å². The maximum atomic E-state index is 5.63. The van der Waals surface area contributed by atoms with Crippen molar-refractivity contribution < 1.29 is 4.74 Å². The van der Waals surface area contributed by atoms with Gasteiger partial charge in [0.1, 0.15) is 5.82 Å². The number of methoxy groups -OCH3 is 1. The van der Waals surface area contributed by atoms with Crippen LogP contribution in [0.15, 0.2) is 6.07 Å². The number of nitrogens with one attached hydrogen (secondary N) is 1. The Balaban J connectivity index is 1.96. The molecule has 1 atom stereocenters. The molecule has 1 aliphatic heterocycles. The van der Waals surface area contributed by atoms with Crippen LogP contribution in [-0.2, 0) is 0 Å². The van der Waals surface area contributed by atoms with Gasteiger partial charge in [0.2, 0.25) is 11.8 Å². The maximum Gasteiger partial charge on any atom is 0.225 e. The van der Waals surface area contributed by atoms with Crippen molar-refractivity contribution in [3.63, 3.8) is 0 Å². The van der Waals surface area contributed by atoms with Crippen LogP contribution in [0.5, 0.6) is 5.88 Å². The first-order valence-corrected chi connectivity index (χ1v) is 6.39. The van der Waals surface area contributed by atoms with Crippen LogP contribution in [-0.4, -0.2) is 73.2 Å². The molecule has 0 amide bonds. The zero-order chi connectivity index (χ0) is 13.8. The Morgan fingerprint density at radius 2 is 2.21 bits per heavy atom. The molecule has 106 valence electrons. The molecular formula is C12H22N6O. The van der Waals surface area contributed by atoms with Crippen LogP contribution >= 0.6 is 0 Å². The predicted octanol–water partition coefficient (Wildman–Crippen LogP) is -0.275. The van der Waals surface area contributed by atoms with E-state index in [1.165, 1.54) is 0 Å². The average Bonchev–Trinajstić information content (AvgIpc) is 2.39. The van der Waals surface area contributed by atoms with Crippen LogP contribution in [0.25, 0.3) is 0 Å². The Hall–Kier alpha value is -1.60. The third-order valence-electron chi connectivity index (χ3n) is 3.43. The lowest BCUT2D eigenvalue weighted by Gasteiger charge is -2.37. The van der Waals surface area contributed by atoms with E-state index in [-0.39, 0.29) is 5.95 Å². The van der Waals surface area contributed by atoms with Gasteiger partial charge in [-0.3, -0.25) is 4.90 Å². The van der Waals surface area contributed by atoms with Crippen molar-refractivity contribution in [3.05, 3.63) is 6.07 Å². The lowest BCUT2D eigenvalue weighted by molar-refractivity contribution is 0.122. The number of aromatic nitrogens is 2. The summed E-state index contributed by atoms with van der Waals surface area (Å²) in [7, 11) is 5.86. The molecule has 0 spiro atoms. The molecule has 0 aliphatic carbocycles. The van der Waals surface area contributed by atoms with E-state index in [9.17, 15) is 0 Å². The number of likely N-dealkylation sites (N-methyl/N-ethyl adjacent to an activating group) is 2. The number of hydrogen-bond acceptors (Lipinski definition) is 7. The Morgan fingerprint density at radius 1 is 1.42 bits per heavy atom. The van der Waals surface area contributed by atoms with Crippen LogP contribution in [0, 0.1) is 0 Å². The molecule has 0 bridgehead atoms. The van der Waals surface area contributed by atoms with E-state index >= 15 is 0 Å². The number of nitrogens with zero attached hydrogens (tertiary/aromatic N) is 4. The van der Waals surface area contributed by atoms with E-state index < -0.39 is 0 Å². The van der Waals surface area contributed by atoms with Gasteiger partial charge in [-0.1, -0.05) is 0 Å². The van der Waals surface area contributed by atoms with Gasteiger partial charge in [0.05, 0.1) is 7.11 Å². The summed E-state index contributed by atoms with van der Waals surface area (Å²) < 4.78 is 5.08. The second-order valence-electron chi connectivity index (χ2n) is 4.93. The first-order valence-electron chi connectivity index (χ1n) is 6.39. The number of rotatable bonds is 4. The molecule has 3 N–H and O–H groups in total. The van der Waals surface area contributed by atoms with Gasteiger partial charge < -0.3 is 20.7 Å². The van der Waals surface area contributed by atoms with Gasteiger partial charge in [-0.05, 0) is 14.1 Å². The lowest BCUT2D eigenvalue weighted by atomic mass is 10.2. The Bertz CT molecular complexity index is 427. The van der Waals surface area contributed by atoms with E-state index in [1.54, 1.807) is 13.2 Å². The fourth-order valence-electron chi connectivity index (χ4n) is 2.18. The molecule has 7 heteroatoms. The minimum atomic E-state index is 0.218. The number of nitrogens with two attached hydrogens (primary N) is 1. The van der Waals surface area contributed by atoms with Crippen LogP contribution in [0.2, 0.25) is 0 Å². The normalized spacial score (nSPS) is 21.3. The molecule has 2 rings (SSSR count). The number of anilines is 2. The summed E-state index contributed by atoms with van der Waals surface area (Å²) in [6.07, 6.45) is 0. The summed E-state index contributed by atoms with van der Waals surface area (Å²) in [5.74, 6) is 1.39. The SMILES string of the molecule is COc1cc(NC[C@H]2CN(C)CCN2C)nc(N)n1. The summed E-state index contributed by atoms with van der Waals surface area (Å²) in [6, 6.07) is 2.21. The lowest BCUT2D eigenvalue weighted by Crippen LogP contribution is -2.52. The van der Waals surface area contributed by atoms with E-state index in [4.69, 9.17) is 10.5 Å². The smallest absolute Gasteiger partial charge is 0.225 e.